The Labute approximate surface area is 195 Å². The summed E-state index contributed by atoms with van der Waals surface area (Å²) in [6.45, 7) is 8.65. The molecular formula is C25H35N3O3S. The molecule has 0 unspecified atom stereocenters. The van der Waals surface area contributed by atoms with E-state index in [1.165, 1.54) is 0 Å². The molecule has 0 spiro atoms. The van der Waals surface area contributed by atoms with Crippen molar-refractivity contribution in [1.29, 1.82) is 0 Å². The van der Waals surface area contributed by atoms with Crippen LogP contribution in [0.15, 0.2) is 41.8 Å². The smallest absolute Gasteiger partial charge is 0.254 e. The molecule has 0 saturated carbocycles. The first-order valence-electron chi connectivity index (χ1n) is 11.5. The molecule has 0 saturated heterocycles. The van der Waals surface area contributed by atoms with Crippen molar-refractivity contribution in [2.24, 2.45) is 0 Å². The van der Waals surface area contributed by atoms with E-state index in [0.29, 0.717) is 25.3 Å². The van der Waals surface area contributed by atoms with Crippen LogP contribution in [-0.4, -0.2) is 68.1 Å². The highest BCUT2D eigenvalue weighted by Crippen LogP contribution is 2.44. The monoisotopic (exact) mass is 457 g/mol. The Bertz CT molecular complexity index is 871. The van der Waals surface area contributed by atoms with Gasteiger partial charge in [-0.1, -0.05) is 44.5 Å². The highest BCUT2D eigenvalue weighted by Gasteiger charge is 2.44. The van der Waals surface area contributed by atoms with Gasteiger partial charge in [0.05, 0.1) is 18.6 Å². The molecule has 0 fully saturated rings. The lowest BCUT2D eigenvalue weighted by Gasteiger charge is -2.41. The Morgan fingerprint density at radius 2 is 2.00 bits per heavy atom. The molecule has 1 aliphatic rings. The fourth-order valence-electron chi connectivity index (χ4n) is 4.34. The van der Waals surface area contributed by atoms with Gasteiger partial charge in [0.15, 0.2) is 0 Å². The molecule has 6 nitrogen and oxygen atoms in total. The third-order valence-corrected chi connectivity index (χ3v) is 7.04. The molecule has 174 valence electrons. The number of amides is 2. The Hall–Kier alpha value is -2.22. The predicted molar refractivity (Wildman–Crippen MR) is 129 cm³/mol. The second-order valence-corrected chi connectivity index (χ2v) is 9.07. The predicted octanol–water partition coefficient (Wildman–Crippen LogP) is 3.91. The third kappa shape index (κ3) is 5.57. The van der Waals surface area contributed by atoms with Crippen molar-refractivity contribution in [2.45, 2.75) is 38.6 Å². The molecule has 1 aromatic heterocycles. The van der Waals surface area contributed by atoms with E-state index in [0.717, 1.165) is 42.9 Å². The highest BCUT2D eigenvalue weighted by molar-refractivity contribution is 7.10. The van der Waals surface area contributed by atoms with E-state index in [4.69, 9.17) is 4.74 Å². The van der Waals surface area contributed by atoms with Crippen molar-refractivity contribution in [3.05, 3.63) is 57.8 Å². The van der Waals surface area contributed by atoms with Crippen LogP contribution in [0.3, 0.4) is 0 Å². The Balaban J connectivity index is 1.87. The first-order chi connectivity index (χ1) is 15.6. The van der Waals surface area contributed by atoms with E-state index < -0.39 is 5.92 Å². The molecule has 3 rings (SSSR count). The third-order valence-electron chi connectivity index (χ3n) is 6.09. The Morgan fingerprint density at radius 1 is 1.19 bits per heavy atom. The first-order valence-corrected chi connectivity index (χ1v) is 12.4. The topological polar surface area (TPSA) is 61.9 Å². The highest BCUT2D eigenvalue weighted by atomic mass is 32.1. The molecule has 0 radical (unpaired) electrons. The summed E-state index contributed by atoms with van der Waals surface area (Å²) in [4.78, 5) is 32.1. The second kappa shape index (κ2) is 12.1. The number of hydrogen-bond donors (Lipinski definition) is 1. The normalized spacial score (nSPS) is 18.1. The number of carbonyl (C=O) groups is 2. The summed E-state index contributed by atoms with van der Waals surface area (Å²) in [5.41, 5.74) is 1.41. The number of nitrogens with zero attached hydrogens (tertiary/aromatic N) is 2. The molecule has 7 heteroatoms. The first kappa shape index (κ1) is 24.4. The van der Waals surface area contributed by atoms with E-state index in [9.17, 15) is 9.59 Å². The molecule has 2 aromatic rings. The van der Waals surface area contributed by atoms with E-state index in [1.807, 2.05) is 46.7 Å². The lowest BCUT2D eigenvalue weighted by molar-refractivity contribution is -0.124. The van der Waals surface area contributed by atoms with Crippen LogP contribution < -0.4 is 5.32 Å². The van der Waals surface area contributed by atoms with Gasteiger partial charge < -0.3 is 19.9 Å². The minimum absolute atomic E-state index is 0.0303. The number of rotatable bonds is 12. The standard InChI is InChI=1S/C25H35N3O3S/c1-4-6-14-27(5-2)15-13-26-24(29)22-19-10-7-8-11-20(19)25(30)28(16-17-31-3)23(22)21-12-9-18-32-21/h7-12,18,22-23H,4-6,13-17H2,1-3H3,(H,26,29)/t22-,23+/m1/s1. The summed E-state index contributed by atoms with van der Waals surface area (Å²) < 4.78 is 5.28. The van der Waals surface area contributed by atoms with Gasteiger partial charge in [-0.3, -0.25) is 9.59 Å². The lowest BCUT2D eigenvalue weighted by Crippen LogP contribution is -2.49. The number of unbranched alkanes of at least 4 members (excludes halogenated alkanes) is 1. The van der Waals surface area contributed by atoms with Gasteiger partial charge in [0, 0.05) is 37.2 Å². The minimum Gasteiger partial charge on any atom is -0.383 e. The van der Waals surface area contributed by atoms with Crippen molar-refractivity contribution in [3.63, 3.8) is 0 Å². The van der Waals surface area contributed by atoms with Crippen molar-refractivity contribution in [2.75, 3.05) is 46.4 Å². The van der Waals surface area contributed by atoms with Gasteiger partial charge in [-0.05, 0) is 42.6 Å². The van der Waals surface area contributed by atoms with Crippen LogP contribution in [-0.2, 0) is 9.53 Å². The van der Waals surface area contributed by atoms with Gasteiger partial charge in [-0.15, -0.1) is 11.3 Å². The Kier molecular flexibility index (Phi) is 9.26. The number of fused-ring (bicyclic) bond motifs is 1. The molecule has 0 bridgehead atoms. The van der Waals surface area contributed by atoms with Gasteiger partial charge in [0.1, 0.15) is 0 Å². The summed E-state index contributed by atoms with van der Waals surface area (Å²) in [6.07, 6.45) is 2.32. The molecule has 1 N–H and O–H groups in total. The number of likely N-dealkylation sites (N-methyl/N-ethyl adjacent to an activating group) is 1. The summed E-state index contributed by atoms with van der Waals surface area (Å²) in [5.74, 6) is -0.528. The summed E-state index contributed by atoms with van der Waals surface area (Å²) >= 11 is 1.58. The van der Waals surface area contributed by atoms with Crippen LogP contribution >= 0.6 is 11.3 Å². The van der Waals surface area contributed by atoms with Crippen molar-refractivity contribution in [3.8, 4) is 0 Å². The molecule has 1 aromatic carbocycles. The summed E-state index contributed by atoms with van der Waals surface area (Å²) in [7, 11) is 1.63. The van der Waals surface area contributed by atoms with E-state index in [-0.39, 0.29) is 17.9 Å². The van der Waals surface area contributed by atoms with Gasteiger partial charge in [-0.2, -0.15) is 0 Å². The second-order valence-electron chi connectivity index (χ2n) is 8.10. The summed E-state index contributed by atoms with van der Waals surface area (Å²) in [6, 6.07) is 11.2. The SMILES string of the molecule is CCCCN(CC)CCNC(=O)[C@@H]1c2ccccc2C(=O)N(CCOC)[C@H]1c1cccs1. The van der Waals surface area contributed by atoms with Crippen LogP contribution in [0.2, 0.25) is 0 Å². The maximum absolute atomic E-state index is 13.6. The average Bonchev–Trinajstić information content (AvgIpc) is 3.35. The summed E-state index contributed by atoms with van der Waals surface area (Å²) in [5, 5.41) is 5.17. The van der Waals surface area contributed by atoms with Gasteiger partial charge in [0.25, 0.3) is 5.91 Å². The zero-order valence-corrected chi connectivity index (χ0v) is 20.2. The number of hydrogen-bond acceptors (Lipinski definition) is 5. The molecule has 32 heavy (non-hydrogen) atoms. The van der Waals surface area contributed by atoms with Crippen LogP contribution in [0.1, 0.15) is 59.4 Å². The van der Waals surface area contributed by atoms with Crippen molar-refractivity contribution in [1.82, 2.24) is 15.1 Å². The van der Waals surface area contributed by atoms with Crippen LogP contribution in [0.25, 0.3) is 0 Å². The number of nitrogens with one attached hydrogen (secondary N) is 1. The molecule has 2 amide bonds. The maximum Gasteiger partial charge on any atom is 0.254 e. The minimum atomic E-state index is -0.454. The van der Waals surface area contributed by atoms with E-state index in [1.54, 1.807) is 18.4 Å². The fourth-order valence-corrected chi connectivity index (χ4v) is 5.22. The maximum atomic E-state index is 13.6. The van der Waals surface area contributed by atoms with Crippen LogP contribution in [0, 0.1) is 0 Å². The largest absolute Gasteiger partial charge is 0.383 e. The quantitative estimate of drug-likeness (QED) is 0.525. The van der Waals surface area contributed by atoms with Gasteiger partial charge in [0.2, 0.25) is 5.91 Å². The van der Waals surface area contributed by atoms with E-state index >= 15 is 0 Å². The van der Waals surface area contributed by atoms with Crippen molar-refractivity contribution >= 4 is 23.2 Å². The van der Waals surface area contributed by atoms with Gasteiger partial charge >= 0.3 is 0 Å². The number of methoxy groups -OCH3 is 1. The zero-order valence-electron chi connectivity index (χ0n) is 19.4. The molecule has 0 aliphatic carbocycles. The van der Waals surface area contributed by atoms with E-state index in [2.05, 4.69) is 24.1 Å². The molecular weight excluding hydrogens is 422 g/mol. The molecule has 2 atom stereocenters. The number of ether oxygens (including phenoxy) is 1. The van der Waals surface area contributed by atoms with Gasteiger partial charge in [-0.25, -0.2) is 0 Å². The Morgan fingerprint density at radius 3 is 2.69 bits per heavy atom. The molecule has 1 aliphatic heterocycles. The molecule has 2 heterocycles. The number of thiophene rings is 1. The van der Waals surface area contributed by atoms with Crippen molar-refractivity contribution < 1.29 is 14.3 Å². The number of benzene rings is 1. The average molecular weight is 458 g/mol. The zero-order chi connectivity index (χ0) is 22.9. The van der Waals surface area contributed by atoms with Crippen LogP contribution in [0.4, 0.5) is 0 Å². The van der Waals surface area contributed by atoms with Crippen LogP contribution in [0.5, 0.6) is 0 Å². The number of carbonyl (C=O) groups excluding carboxylic acids is 2. The lowest BCUT2D eigenvalue weighted by atomic mass is 9.81. The fraction of sp³-hybridized carbons (Fsp3) is 0.520.